The summed E-state index contributed by atoms with van der Waals surface area (Å²) in [5.41, 5.74) is -0.107. The average molecular weight is 269 g/mol. The first kappa shape index (κ1) is 13.7. The number of rotatable bonds is 1. The topological polar surface area (TPSA) is 30.3 Å². The predicted molar refractivity (Wildman–Crippen MR) is 65.9 cm³/mol. The fraction of sp³-hybridized carbons (Fsp3) is 0.462. The van der Waals surface area contributed by atoms with E-state index >= 15 is 0 Å². The Labute approximate surface area is 109 Å². The highest BCUT2D eigenvalue weighted by Gasteiger charge is 2.31. The fourth-order valence-electron chi connectivity index (χ4n) is 2.13. The molecule has 1 aliphatic heterocycles. The molecule has 0 unspecified atom stereocenters. The first-order valence-electron chi connectivity index (χ1n) is 5.96. The van der Waals surface area contributed by atoms with E-state index in [0.29, 0.717) is 5.69 Å². The van der Waals surface area contributed by atoms with Crippen molar-refractivity contribution in [3.05, 3.63) is 29.3 Å². The van der Waals surface area contributed by atoms with Crippen molar-refractivity contribution in [3.63, 3.8) is 0 Å². The van der Waals surface area contributed by atoms with Crippen molar-refractivity contribution in [2.24, 2.45) is 0 Å². The van der Waals surface area contributed by atoms with Gasteiger partial charge in [0.05, 0.1) is 16.8 Å². The highest BCUT2D eigenvalue weighted by molar-refractivity contribution is 5.61. The standard InChI is InChI=1S/C13H14F3N3/c1-18-4-6-19(7-5-18)12-3-2-11(13(14,15)16)8-10(12)9-17/h2-3,8H,4-7H2,1H3. The Bertz CT molecular complexity index is 497. The number of anilines is 1. The summed E-state index contributed by atoms with van der Waals surface area (Å²) in [6, 6.07) is 5.22. The largest absolute Gasteiger partial charge is 0.416 e. The van der Waals surface area contributed by atoms with Crippen LogP contribution in [0.2, 0.25) is 0 Å². The van der Waals surface area contributed by atoms with E-state index in [4.69, 9.17) is 5.26 Å². The van der Waals surface area contributed by atoms with Gasteiger partial charge >= 0.3 is 6.18 Å². The molecule has 0 saturated carbocycles. The molecular formula is C13H14F3N3. The van der Waals surface area contributed by atoms with Crippen LogP contribution in [0.25, 0.3) is 0 Å². The molecule has 0 aliphatic carbocycles. The summed E-state index contributed by atoms with van der Waals surface area (Å²) >= 11 is 0. The molecule has 19 heavy (non-hydrogen) atoms. The van der Waals surface area contributed by atoms with E-state index < -0.39 is 11.7 Å². The van der Waals surface area contributed by atoms with Crippen molar-refractivity contribution in [3.8, 4) is 6.07 Å². The van der Waals surface area contributed by atoms with Crippen LogP contribution in [0.1, 0.15) is 11.1 Å². The third-order valence-electron chi connectivity index (χ3n) is 3.29. The van der Waals surface area contributed by atoms with Crippen LogP contribution in [0.15, 0.2) is 18.2 Å². The van der Waals surface area contributed by atoms with Crippen LogP contribution in [0.5, 0.6) is 0 Å². The number of nitriles is 1. The molecule has 1 saturated heterocycles. The van der Waals surface area contributed by atoms with Crippen LogP contribution in [-0.4, -0.2) is 38.1 Å². The van der Waals surface area contributed by atoms with Gasteiger partial charge < -0.3 is 9.80 Å². The van der Waals surface area contributed by atoms with Crippen molar-refractivity contribution in [2.45, 2.75) is 6.18 Å². The summed E-state index contributed by atoms with van der Waals surface area (Å²) < 4.78 is 37.8. The molecule has 6 heteroatoms. The number of hydrogen-bond donors (Lipinski definition) is 0. The SMILES string of the molecule is CN1CCN(c2ccc(C(F)(F)F)cc2C#N)CC1. The second-order valence-electron chi connectivity index (χ2n) is 4.63. The van der Waals surface area contributed by atoms with E-state index in [9.17, 15) is 13.2 Å². The van der Waals surface area contributed by atoms with Gasteiger partial charge in [0.2, 0.25) is 0 Å². The summed E-state index contributed by atoms with van der Waals surface area (Å²) in [4.78, 5) is 4.10. The molecule has 0 spiro atoms. The maximum atomic E-state index is 12.6. The third-order valence-corrected chi connectivity index (χ3v) is 3.29. The van der Waals surface area contributed by atoms with Crippen LogP contribution in [0.4, 0.5) is 18.9 Å². The molecule has 2 rings (SSSR count). The minimum atomic E-state index is -4.41. The van der Waals surface area contributed by atoms with Crippen LogP contribution in [-0.2, 0) is 6.18 Å². The summed E-state index contributed by atoms with van der Waals surface area (Å²) in [5, 5.41) is 9.04. The van der Waals surface area contributed by atoms with Gasteiger partial charge in [-0.25, -0.2) is 0 Å². The number of nitrogens with zero attached hydrogens (tertiary/aromatic N) is 3. The van der Waals surface area contributed by atoms with E-state index in [1.165, 1.54) is 6.07 Å². The predicted octanol–water partition coefficient (Wildman–Crippen LogP) is 2.33. The molecule has 3 nitrogen and oxygen atoms in total. The van der Waals surface area contributed by atoms with E-state index in [-0.39, 0.29) is 5.56 Å². The second-order valence-corrected chi connectivity index (χ2v) is 4.63. The Balaban J connectivity index is 2.29. The molecule has 1 aromatic carbocycles. The lowest BCUT2D eigenvalue weighted by Crippen LogP contribution is -2.44. The van der Waals surface area contributed by atoms with Gasteiger partial charge in [-0.1, -0.05) is 0 Å². The summed E-state index contributed by atoms with van der Waals surface area (Å²) in [7, 11) is 2.00. The molecule has 1 aliphatic rings. The zero-order valence-electron chi connectivity index (χ0n) is 10.5. The lowest BCUT2D eigenvalue weighted by Gasteiger charge is -2.34. The fourth-order valence-corrected chi connectivity index (χ4v) is 2.13. The van der Waals surface area contributed by atoms with E-state index in [1.54, 1.807) is 0 Å². The van der Waals surface area contributed by atoms with Crippen molar-refractivity contribution in [2.75, 3.05) is 38.1 Å². The van der Waals surface area contributed by atoms with E-state index in [0.717, 1.165) is 38.3 Å². The quantitative estimate of drug-likeness (QED) is 0.784. The number of likely N-dealkylation sites (N-methyl/N-ethyl adjacent to an activating group) is 1. The van der Waals surface area contributed by atoms with Gasteiger partial charge in [0.25, 0.3) is 0 Å². The number of alkyl halides is 3. The molecular weight excluding hydrogens is 255 g/mol. The lowest BCUT2D eigenvalue weighted by atomic mass is 10.1. The normalized spacial score (nSPS) is 17.3. The minimum Gasteiger partial charge on any atom is -0.368 e. The maximum Gasteiger partial charge on any atom is 0.416 e. The molecule has 0 bridgehead atoms. The Kier molecular flexibility index (Phi) is 3.67. The molecule has 1 fully saturated rings. The molecule has 0 N–H and O–H groups in total. The molecule has 0 radical (unpaired) electrons. The van der Waals surface area contributed by atoms with Crippen molar-refractivity contribution in [1.29, 1.82) is 5.26 Å². The lowest BCUT2D eigenvalue weighted by molar-refractivity contribution is -0.137. The van der Waals surface area contributed by atoms with Crippen molar-refractivity contribution < 1.29 is 13.2 Å². The molecule has 0 amide bonds. The van der Waals surface area contributed by atoms with Gasteiger partial charge in [-0.3, -0.25) is 0 Å². The first-order valence-corrected chi connectivity index (χ1v) is 5.96. The van der Waals surface area contributed by atoms with Gasteiger partial charge in [-0.05, 0) is 25.2 Å². The zero-order chi connectivity index (χ0) is 14.0. The Hall–Kier alpha value is -1.74. The zero-order valence-corrected chi connectivity index (χ0v) is 10.5. The maximum absolute atomic E-state index is 12.6. The first-order chi connectivity index (χ1) is 8.91. The average Bonchev–Trinajstić information content (AvgIpc) is 2.38. The Morgan fingerprint density at radius 1 is 1.16 bits per heavy atom. The monoisotopic (exact) mass is 269 g/mol. The Morgan fingerprint density at radius 2 is 1.79 bits per heavy atom. The summed E-state index contributed by atoms with van der Waals surface area (Å²) in [6.45, 7) is 3.12. The van der Waals surface area contributed by atoms with Gasteiger partial charge in [0, 0.05) is 26.2 Å². The molecule has 1 heterocycles. The van der Waals surface area contributed by atoms with Crippen molar-refractivity contribution in [1.82, 2.24) is 4.90 Å². The van der Waals surface area contributed by atoms with E-state index in [1.807, 2.05) is 18.0 Å². The minimum absolute atomic E-state index is 0.0828. The molecule has 1 aromatic rings. The number of benzene rings is 1. The van der Waals surface area contributed by atoms with Gasteiger partial charge in [0.1, 0.15) is 6.07 Å². The molecule has 102 valence electrons. The number of hydrogen-bond acceptors (Lipinski definition) is 3. The highest BCUT2D eigenvalue weighted by Crippen LogP contribution is 2.32. The van der Waals surface area contributed by atoms with Gasteiger partial charge in [-0.2, -0.15) is 18.4 Å². The van der Waals surface area contributed by atoms with Crippen LogP contribution >= 0.6 is 0 Å². The molecule has 0 atom stereocenters. The van der Waals surface area contributed by atoms with Crippen LogP contribution in [0, 0.1) is 11.3 Å². The van der Waals surface area contributed by atoms with Crippen LogP contribution < -0.4 is 4.90 Å². The smallest absolute Gasteiger partial charge is 0.368 e. The van der Waals surface area contributed by atoms with Crippen LogP contribution in [0.3, 0.4) is 0 Å². The number of halogens is 3. The van der Waals surface area contributed by atoms with Gasteiger partial charge in [0.15, 0.2) is 0 Å². The number of piperazine rings is 1. The van der Waals surface area contributed by atoms with Crippen molar-refractivity contribution >= 4 is 5.69 Å². The highest BCUT2D eigenvalue weighted by atomic mass is 19.4. The summed E-state index contributed by atoms with van der Waals surface area (Å²) in [6.07, 6.45) is -4.41. The third kappa shape index (κ3) is 2.99. The van der Waals surface area contributed by atoms with E-state index in [2.05, 4.69) is 4.90 Å². The second kappa shape index (κ2) is 5.10. The summed E-state index contributed by atoms with van der Waals surface area (Å²) in [5.74, 6) is 0. The van der Waals surface area contributed by atoms with Gasteiger partial charge in [-0.15, -0.1) is 0 Å². The Morgan fingerprint density at radius 3 is 2.32 bits per heavy atom. The molecule has 0 aromatic heterocycles.